The zero-order valence-corrected chi connectivity index (χ0v) is 8.86. The molecule has 1 atom stereocenters. The van der Waals surface area contributed by atoms with E-state index in [0.29, 0.717) is 26.2 Å². The van der Waals surface area contributed by atoms with Gasteiger partial charge in [-0.2, -0.15) is 0 Å². The highest BCUT2D eigenvalue weighted by atomic mass is 16.7. The molecule has 0 aliphatic heterocycles. The lowest BCUT2D eigenvalue weighted by atomic mass is 10.1. The van der Waals surface area contributed by atoms with E-state index in [1.807, 2.05) is 0 Å². The van der Waals surface area contributed by atoms with Gasteiger partial charge in [0, 0.05) is 13.5 Å². The summed E-state index contributed by atoms with van der Waals surface area (Å²) in [6.07, 6.45) is 0.386. The van der Waals surface area contributed by atoms with E-state index >= 15 is 0 Å². The minimum Gasteiger partial charge on any atom is -0.393 e. The number of hydrogen-bond donors (Lipinski definition) is 2. The minimum atomic E-state index is -1.06. The largest absolute Gasteiger partial charge is 0.393 e. The maximum absolute atomic E-state index is 9.37. The maximum Gasteiger partial charge on any atom is 0.146 e. The van der Waals surface area contributed by atoms with Gasteiger partial charge in [-0.05, 0) is 6.92 Å². The van der Waals surface area contributed by atoms with E-state index in [9.17, 15) is 5.11 Å². The van der Waals surface area contributed by atoms with Crippen molar-refractivity contribution in [3.05, 3.63) is 0 Å². The first-order valence-corrected chi connectivity index (χ1v) is 4.60. The van der Waals surface area contributed by atoms with E-state index in [1.165, 1.54) is 0 Å². The Bertz CT molecular complexity index is 126. The predicted octanol–water partition coefficient (Wildman–Crippen LogP) is -0.243. The minimum absolute atomic E-state index is 0.185. The second-order valence-electron chi connectivity index (χ2n) is 3.33. The zero-order valence-electron chi connectivity index (χ0n) is 8.86. The van der Waals surface area contributed by atoms with Crippen LogP contribution in [0, 0.1) is 0 Å². The molecule has 0 spiro atoms. The molecule has 86 valence electrons. The summed E-state index contributed by atoms with van der Waals surface area (Å²) in [4.78, 5) is 0. The average molecular weight is 208 g/mol. The van der Waals surface area contributed by atoms with E-state index < -0.39 is 5.60 Å². The lowest BCUT2D eigenvalue weighted by Gasteiger charge is -2.19. The SMILES string of the molecule is COCCOCOCCC(C)(O)CO. The van der Waals surface area contributed by atoms with Crippen LogP contribution in [0.25, 0.3) is 0 Å². The fourth-order valence-corrected chi connectivity index (χ4v) is 0.690. The molecular formula is C9H20O5. The molecule has 0 radical (unpaired) electrons. The topological polar surface area (TPSA) is 68.2 Å². The van der Waals surface area contributed by atoms with E-state index in [4.69, 9.17) is 19.3 Å². The molecule has 1 unspecified atom stereocenters. The normalized spacial score (nSPS) is 15.4. The van der Waals surface area contributed by atoms with Crippen molar-refractivity contribution in [1.29, 1.82) is 0 Å². The van der Waals surface area contributed by atoms with Gasteiger partial charge in [0.2, 0.25) is 0 Å². The van der Waals surface area contributed by atoms with Gasteiger partial charge in [-0.3, -0.25) is 0 Å². The van der Waals surface area contributed by atoms with Crippen LogP contribution >= 0.6 is 0 Å². The van der Waals surface area contributed by atoms with Gasteiger partial charge < -0.3 is 24.4 Å². The Kier molecular flexibility index (Phi) is 8.02. The molecule has 0 bridgehead atoms. The highest BCUT2D eigenvalue weighted by Crippen LogP contribution is 2.07. The van der Waals surface area contributed by atoms with Gasteiger partial charge in [0.05, 0.1) is 32.0 Å². The van der Waals surface area contributed by atoms with Crippen molar-refractivity contribution in [2.75, 3.05) is 40.3 Å². The fraction of sp³-hybridized carbons (Fsp3) is 1.00. The van der Waals surface area contributed by atoms with E-state index in [2.05, 4.69) is 0 Å². The van der Waals surface area contributed by atoms with Crippen molar-refractivity contribution in [2.24, 2.45) is 0 Å². The van der Waals surface area contributed by atoms with Gasteiger partial charge in [0.15, 0.2) is 0 Å². The number of methoxy groups -OCH3 is 1. The molecule has 5 heteroatoms. The molecule has 0 heterocycles. The van der Waals surface area contributed by atoms with Crippen LogP contribution < -0.4 is 0 Å². The molecule has 0 aromatic heterocycles. The lowest BCUT2D eigenvalue weighted by Crippen LogP contribution is -2.30. The number of rotatable bonds is 9. The summed E-state index contributed by atoms with van der Waals surface area (Å²) in [5.41, 5.74) is -1.06. The van der Waals surface area contributed by atoms with E-state index in [0.717, 1.165) is 0 Å². The molecule has 0 aliphatic carbocycles. The molecule has 0 aliphatic rings. The van der Waals surface area contributed by atoms with E-state index in [-0.39, 0.29) is 13.4 Å². The zero-order chi connectivity index (χ0) is 10.9. The molecule has 0 fully saturated rings. The summed E-state index contributed by atoms with van der Waals surface area (Å²) in [5, 5.41) is 18.1. The van der Waals surface area contributed by atoms with Crippen LogP contribution in [0.4, 0.5) is 0 Å². The Morgan fingerprint density at radius 1 is 1.14 bits per heavy atom. The number of ether oxygens (including phenoxy) is 3. The first-order chi connectivity index (χ1) is 6.62. The van der Waals surface area contributed by atoms with Crippen molar-refractivity contribution in [2.45, 2.75) is 18.9 Å². The number of aliphatic hydroxyl groups is 2. The first-order valence-electron chi connectivity index (χ1n) is 4.60. The number of aliphatic hydroxyl groups excluding tert-OH is 1. The highest BCUT2D eigenvalue weighted by Gasteiger charge is 2.17. The lowest BCUT2D eigenvalue weighted by molar-refractivity contribution is -0.0864. The molecule has 0 rings (SSSR count). The Balaban J connectivity index is 3.13. The summed E-state index contributed by atoms with van der Waals surface area (Å²) >= 11 is 0. The third-order valence-corrected chi connectivity index (χ3v) is 1.72. The van der Waals surface area contributed by atoms with Crippen molar-refractivity contribution in [3.63, 3.8) is 0 Å². The molecule has 2 N–H and O–H groups in total. The Labute approximate surface area is 84.6 Å². The van der Waals surface area contributed by atoms with Crippen LogP contribution in [0.1, 0.15) is 13.3 Å². The monoisotopic (exact) mass is 208 g/mol. The Morgan fingerprint density at radius 2 is 1.79 bits per heavy atom. The molecule has 0 aromatic carbocycles. The second kappa shape index (κ2) is 8.14. The molecule has 0 aromatic rings. The summed E-state index contributed by atoms with van der Waals surface area (Å²) in [6, 6.07) is 0. The van der Waals surface area contributed by atoms with Crippen LogP contribution in [-0.4, -0.2) is 56.1 Å². The van der Waals surface area contributed by atoms with Gasteiger partial charge in [0.1, 0.15) is 6.79 Å². The molecular weight excluding hydrogens is 188 g/mol. The van der Waals surface area contributed by atoms with E-state index in [1.54, 1.807) is 14.0 Å². The predicted molar refractivity (Wildman–Crippen MR) is 51.0 cm³/mol. The van der Waals surface area contributed by atoms with Crippen molar-refractivity contribution in [1.82, 2.24) is 0 Å². The first kappa shape index (κ1) is 13.8. The maximum atomic E-state index is 9.37. The Morgan fingerprint density at radius 3 is 2.36 bits per heavy atom. The van der Waals surface area contributed by atoms with Crippen molar-refractivity contribution < 1.29 is 24.4 Å². The summed E-state index contributed by atoms with van der Waals surface area (Å²) in [5.74, 6) is 0. The molecule has 0 saturated carbocycles. The highest BCUT2D eigenvalue weighted by molar-refractivity contribution is 4.69. The smallest absolute Gasteiger partial charge is 0.146 e. The van der Waals surface area contributed by atoms with Gasteiger partial charge in [0.25, 0.3) is 0 Å². The fourth-order valence-electron chi connectivity index (χ4n) is 0.690. The van der Waals surface area contributed by atoms with Crippen LogP contribution in [0.3, 0.4) is 0 Å². The summed E-state index contributed by atoms with van der Waals surface area (Å²) < 4.78 is 14.9. The third kappa shape index (κ3) is 8.40. The third-order valence-electron chi connectivity index (χ3n) is 1.72. The second-order valence-corrected chi connectivity index (χ2v) is 3.33. The van der Waals surface area contributed by atoms with Crippen molar-refractivity contribution >= 4 is 0 Å². The molecule has 14 heavy (non-hydrogen) atoms. The van der Waals surface area contributed by atoms with Crippen LogP contribution in [0.5, 0.6) is 0 Å². The van der Waals surface area contributed by atoms with Crippen LogP contribution in [0.2, 0.25) is 0 Å². The standard InChI is InChI=1S/C9H20O5/c1-9(11,7-10)3-4-13-8-14-6-5-12-2/h10-11H,3-8H2,1-2H3. The summed E-state index contributed by atoms with van der Waals surface area (Å²) in [6.45, 7) is 2.87. The number of hydrogen-bond acceptors (Lipinski definition) is 5. The molecule has 0 amide bonds. The van der Waals surface area contributed by atoms with Gasteiger partial charge in [-0.15, -0.1) is 0 Å². The average Bonchev–Trinajstić information content (AvgIpc) is 2.16. The quantitative estimate of drug-likeness (QED) is 0.404. The van der Waals surface area contributed by atoms with Gasteiger partial charge in [-0.1, -0.05) is 0 Å². The van der Waals surface area contributed by atoms with Crippen LogP contribution in [0.15, 0.2) is 0 Å². The molecule has 5 nitrogen and oxygen atoms in total. The molecule has 0 saturated heterocycles. The van der Waals surface area contributed by atoms with Gasteiger partial charge >= 0.3 is 0 Å². The Hall–Kier alpha value is -0.200. The summed E-state index contributed by atoms with van der Waals surface area (Å²) in [7, 11) is 1.60. The van der Waals surface area contributed by atoms with Gasteiger partial charge in [-0.25, -0.2) is 0 Å². The van der Waals surface area contributed by atoms with Crippen LogP contribution in [-0.2, 0) is 14.2 Å². The van der Waals surface area contributed by atoms with Crippen molar-refractivity contribution in [3.8, 4) is 0 Å².